The zero-order valence-corrected chi connectivity index (χ0v) is 14.3. The summed E-state index contributed by atoms with van der Waals surface area (Å²) in [5, 5.41) is 6.61. The Morgan fingerprint density at radius 3 is 2.71 bits per heavy atom. The third kappa shape index (κ3) is 5.05. The summed E-state index contributed by atoms with van der Waals surface area (Å²) in [5.41, 5.74) is 1.57. The first-order valence-electron chi connectivity index (χ1n) is 8.47. The molecule has 1 unspecified atom stereocenters. The third-order valence-electron chi connectivity index (χ3n) is 4.16. The summed E-state index contributed by atoms with van der Waals surface area (Å²) >= 11 is 0. The van der Waals surface area contributed by atoms with Crippen LogP contribution in [0.1, 0.15) is 39.0 Å². The first-order valence-corrected chi connectivity index (χ1v) is 8.47. The molecule has 24 heavy (non-hydrogen) atoms. The molecule has 2 rings (SSSR count). The van der Waals surface area contributed by atoms with E-state index in [9.17, 15) is 9.59 Å². The second-order valence-electron chi connectivity index (χ2n) is 6.04. The minimum Gasteiger partial charge on any atom is -0.359 e. The van der Waals surface area contributed by atoms with Crippen molar-refractivity contribution in [1.82, 2.24) is 10.3 Å². The molecule has 2 aromatic rings. The van der Waals surface area contributed by atoms with Gasteiger partial charge in [0.25, 0.3) is 0 Å². The lowest BCUT2D eigenvalue weighted by Crippen LogP contribution is -2.20. The molecule has 128 valence electrons. The summed E-state index contributed by atoms with van der Waals surface area (Å²) < 4.78 is 0. The predicted octanol–water partition coefficient (Wildman–Crippen LogP) is 3.51. The Morgan fingerprint density at radius 1 is 1.12 bits per heavy atom. The largest absolute Gasteiger partial charge is 0.359 e. The molecule has 0 aliphatic heterocycles. The summed E-state index contributed by atoms with van der Waals surface area (Å²) in [6.07, 6.45) is 5.87. The number of fused-ring (bicyclic) bond motifs is 1. The van der Waals surface area contributed by atoms with Crippen LogP contribution in [0.4, 0.5) is 5.69 Å². The number of aromatic nitrogens is 1. The van der Waals surface area contributed by atoms with E-state index < -0.39 is 0 Å². The zero-order chi connectivity index (χ0) is 17.4. The van der Waals surface area contributed by atoms with Gasteiger partial charge in [0, 0.05) is 31.0 Å². The molecule has 1 heterocycles. The summed E-state index contributed by atoms with van der Waals surface area (Å²) in [6, 6.07) is 9.64. The van der Waals surface area contributed by atoms with Gasteiger partial charge in [0.15, 0.2) is 0 Å². The van der Waals surface area contributed by atoms with Crippen LogP contribution in [0.15, 0.2) is 36.5 Å². The molecule has 2 amide bonds. The quantitative estimate of drug-likeness (QED) is 0.729. The number of amides is 2. The Bertz CT molecular complexity index is 695. The van der Waals surface area contributed by atoms with Crippen LogP contribution in [-0.4, -0.2) is 23.8 Å². The molecule has 1 aromatic heterocycles. The van der Waals surface area contributed by atoms with Crippen molar-refractivity contribution in [2.45, 2.75) is 39.0 Å². The van der Waals surface area contributed by atoms with Gasteiger partial charge in [-0.15, -0.1) is 0 Å². The molecule has 0 fully saturated rings. The SMILES string of the molecule is CNC(=O)CCCCCC(C)C(=O)Nc1cccc2cccnc12. The molecule has 5 heteroatoms. The van der Waals surface area contributed by atoms with Gasteiger partial charge >= 0.3 is 0 Å². The molecular weight excluding hydrogens is 302 g/mol. The molecule has 0 saturated carbocycles. The highest BCUT2D eigenvalue weighted by molar-refractivity contribution is 6.00. The third-order valence-corrected chi connectivity index (χ3v) is 4.16. The van der Waals surface area contributed by atoms with Gasteiger partial charge in [-0.25, -0.2) is 0 Å². The van der Waals surface area contributed by atoms with Crippen molar-refractivity contribution < 1.29 is 9.59 Å². The van der Waals surface area contributed by atoms with Gasteiger partial charge < -0.3 is 10.6 Å². The smallest absolute Gasteiger partial charge is 0.227 e. The molecule has 0 spiro atoms. The number of hydrogen-bond acceptors (Lipinski definition) is 3. The Kier molecular flexibility index (Phi) is 6.73. The monoisotopic (exact) mass is 327 g/mol. The fourth-order valence-electron chi connectivity index (χ4n) is 2.63. The Balaban J connectivity index is 1.82. The van der Waals surface area contributed by atoms with Crippen LogP contribution in [-0.2, 0) is 9.59 Å². The molecule has 0 radical (unpaired) electrons. The van der Waals surface area contributed by atoms with Gasteiger partial charge in [0.1, 0.15) is 0 Å². The lowest BCUT2D eigenvalue weighted by atomic mass is 10.0. The summed E-state index contributed by atoms with van der Waals surface area (Å²) in [4.78, 5) is 27.9. The number of nitrogens with one attached hydrogen (secondary N) is 2. The highest BCUT2D eigenvalue weighted by Crippen LogP contribution is 2.22. The number of para-hydroxylation sites is 1. The van der Waals surface area contributed by atoms with Crippen LogP contribution < -0.4 is 10.6 Å². The van der Waals surface area contributed by atoms with Gasteiger partial charge in [-0.05, 0) is 25.0 Å². The minimum absolute atomic E-state index is 0.0134. The van der Waals surface area contributed by atoms with E-state index in [1.807, 2.05) is 37.3 Å². The number of unbranched alkanes of at least 4 members (excludes halogenated alkanes) is 2. The summed E-state index contributed by atoms with van der Waals surface area (Å²) in [6.45, 7) is 1.94. The number of carbonyl (C=O) groups is 2. The van der Waals surface area contributed by atoms with Gasteiger partial charge in [-0.2, -0.15) is 0 Å². The molecule has 1 atom stereocenters. The van der Waals surface area contributed by atoms with Crippen LogP contribution in [0.2, 0.25) is 0 Å². The van der Waals surface area contributed by atoms with E-state index >= 15 is 0 Å². The zero-order valence-electron chi connectivity index (χ0n) is 14.3. The molecule has 0 saturated heterocycles. The van der Waals surface area contributed by atoms with Crippen LogP contribution in [0.25, 0.3) is 10.9 Å². The van der Waals surface area contributed by atoms with Crippen LogP contribution in [0.5, 0.6) is 0 Å². The highest BCUT2D eigenvalue weighted by atomic mass is 16.2. The first kappa shape index (κ1) is 17.9. The molecule has 0 bridgehead atoms. The highest BCUT2D eigenvalue weighted by Gasteiger charge is 2.14. The van der Waals surface area contributed by atoms with E-state index in [0.29, 0.717) is 6.42 Å². The van der Waals surface area contributed by atoms with Gasteiger partial charge in [0.2, 0.25) is 11.8 Å². The predicted molar refractivity (Wildman–Crippen MR) is 96.7 cm³/mol. The maximum absolute atomic E-state index is 12.4. The molecule has 1 aromatic carbocycles. The first-order chi connectivity index (χ1) is 11.6. The van der Waals surface area contributed by atoms with E-state index in [4.69, 9.17) is 0 Å². The Labute approximate surface area is 142 Å². The Hall–Kier alpha value is -2.43. The van der Waals surface area contributed by atoms with Crippen molar-refractivity contribution in [1.29, 1.82) is 0 Å². The fourth-order valence-corrected chi connectivity index (χ4v) is 2.63. The molecular formula is C19H25N3O2. The average molecular weight is 327 g/mol. The van der Waals surface area contributed by atoms with Crippen molar-refractivity contribution in [3.8, 4) is 0 Å². The van der Waals surface area contributed by atoms with Crippen LogP contribution >= 0.6 is 0 Å². The number of pyridine rings is 1. The second-order valence-corrected chi connectivity index (χ2v) is 6.04. The minimum atomic E-state index is -0.0658. The fraction of sp³-hybridized carbons (Fsp3) is 0.421. The lowest BCUT2D eigenvalue weighted by molar-refractivity contribution is -0.121. The van der Waals surface area contributed by atoms with Gasteiger partial charge in [0.05, 0.1) is 11.2 Å². The Morgan fingerprint density at radius 2 is 1.92 bits per heavy atom. The van der Waals surface area contributed by atoms with Crippen molar-refractivity contribution in [3.05, 3.63) is 36.5 Å². The van der Waals surface area contributed by atoms with E-state index in [2.05, 4.69) is 15.6 Å². The van der Waals surface area contributed by atoms with Crippen LogP contribution in [0, 0.1) is 5.92 Å². The van der Waals surface area contributed by atoms with E-state index in [0.717, 1.165) is 42.3 Å². The standard InChI is InChI=1S/C19H25N3O2/c1-14(8-4-3-5-12-17(23)20-2)19(24)22-16-11-6-9-15-10-7-13-21-18(15)16/h6-7,9-11,13-14H,3-5,8,12H2,1-2H3,(H,20,23)(H,22,24). The number of carbonyl (C=O) groups excluding carboxylic acids is 2. The maximum Gasteiger partial charge on any atom is 0.227 e. The molecule has 0 aliphatic rings. The number of rotatable bonds is 8. The topological polar surface area (TPSA) is 71.1 Å². The van der Waals surface area contributed by atoms with Crippen LogP contribution in [0.3, 0.4) is 0 Å². The van der Waals surface area contributed by atoms with E-state index in [1.165, 1.54) is 0 Å². The number of anilines is 1. The van der Waals surface area contributed by atoms with Gasteiger partial charge in [-0.3, -0.25) is 14.6 Å². The molecule has 2 N–H and O–H groups in total. The number of benzene rings is 1. The van der Waals surface area contributed by atoms with Crippen molar-refractivity contribution in [2.24, 2.45) is 5.92 Å². The molecule has 5 nitrogen and oxygen atoms in total. The lowest BCUT2D eigenvalue weighted by Gasteiger charge is -2.13. The van der Waals surface area contributed by atoms with E-state index in [-0.39, 0.29) is 17.7 Å². The summed E-state index contributed by atoms with van der Waals surface area (Å²) in [7, 11) is 1.65. The van der Waals surface area contributed by atoms with Crippen molar-refractivity contribution >= 4 is 28.4 Å². The summed E-state index contributed by atoms with van der Waals surface area (Å²) in [5.74, 6) is 0.0210. The number of nitrogens with zero attached hydrogens (tertiary/aromatic N) is 1. The van der Waals surface area contributed by atoms with E-state index in [1.54, 1.807) is 13.2 Å². The maximum atomic E-state index is 12.4. The van der Waals surface area contributed by atoms with Gasteiger partial charge in [-0.1, -0.05) is 38.0 Å². The number of hydrogen-bond donors (Lipinski definition) is 2. The second kappa shape index (κ2) is 9.01. The average Bonchev–Trinajstić information content (AvgIpc) is 2.61. The van der Waals surface area contributed by atoms with Crippen molar-refractivity contribution in [3.63, 3.8) is 0 Å². The van der Waals surface area contributed by atoms with Crippen molar-refractivity contribution in [2.75, 3.05) is 12.4 Å². The molecule has 0 aliphatic carbocycles. The normalized spacial score (nSPS) is 11.9.